The molecule has 0 saturated heterocycles. The second-order valence-corrected chi connectivity index (χ2v) is 5.34. The van der Waals surface area contributed by atoms with Crippen molar-refractivity contribution in [3.8, 4) is 0 Å². The van der Waals surface area contributed by atoms with Crippen molar-refractivity contribution in [1.29, 1.82) is 0 Å². The molecule has 0 aromatic carbocycles. The van der Waals surface area contributed by atoms with E-state index in [4.69, 9.17) is 5.73 Å². The third-order valence-corrected chi connectivity index (χ3v) is 2.85. The Kier molecular flexibility index (Phi) is 122. The average Bonchev–Trinajstić information content (AvgIpc) is 2.73. The molecule has 0 unspecified atom stereocenters. The molecule has 0 aliphatic rings. The summed E-state index contributed by atoms with van der Waals surface area (Å²) in [6.07, 6.45) is 8.85. The van der Waals surface area contributed by atoms with E-state index in [0.717, 1.165) is 50.8 Å². The van der Waals surface area contributed by atoms with Gasteiger partial charge in [-0.25, -0.2) is 0 Å². The molecule has 0 aromatic heterocycles. The van der Waals surface area contributed by atoms with Crippen molar-refractivity contribution in [3.63, 3.8) is 0 Å². The fourth-order valence-corrected chi connectivity index (χ4v) is 1.43. The maximum atomic E-state index is 9.93. The van der Waals surface area contributed by atoms with Crippen LogP contribution in [0.2, 0.25) is 0 Å². The van der Waals surface area contributed by atoms with Gasteiger partial charge in [0.15, 0.2) is 0 Å². The molecule has 7 N–H and O–H groups in total. The van der Waals surface area contributed by atoms with Crippen LogP contribution in [0.3, 0.4) is 0 Å². The maximum absolute atomic E-state index is 9.93. The second-order valence-electron chi connectivity index (χ2n) is 5.34. The molecule has 0 saturated carbocycles. The van der Waals surface area contributed by atoms with Crippen LogP contribution >= 0.6 is 0 Å². The molecule has 0 amide bonds. The fourth-order valence-electron chi connectivity index (χ4n) is 1.43. The van der Waals surface area contributed by atoms with Crippen molar-refractivity contribution in [1.82, 2.24) is 16.0 Å². The van der Waals surface area contributed by atoms with Crippen molar-refractivity contribution in [3.05, 3.63) is 40.6 Å². The molecule has 0 fully saturated rings. The van der Waals surface area contributed by atoms with E-state index in [2.05, 4.69) is 56.1 Å². The first-order valence-corrected chi connectivity index (χ1v) is 10.5. The van der Waals surface area contributed by atoms with Crippen LogP contribution in [0.25, 0.3) is 0 Å². The molecule has 8 heteroatoms. The predicted octanol–water partition coefficient (Wildman–Crippen LogP) is -2.33. The molecule has 0 radical (unpaired) electrons. The zero-order chi connectivity index (χ0) is 22.9. The van der Waals surface area contributed by atoms with Crippen molar-refractivity contribution in [2.24, 2.45) is 11.5 Å². The molecular weight excluding hydrogens is 440 g/mol. The largest absolute Gasteiger partial charge is 1.00 e. The number of aldehydes is 1. The molecule has 0 aromatic rings. The minimum Gasteiger partial charge on any atom is -0.486 e. The quantitative estimate of drug-likeness (QED) is 0.0801. The molecule has 0 bridgehead atoms. The summed E-state index contributed by atoms with van der Waals surface area (Å²) in [5.41, 5.74) is 10.3. The number of carbonyl (C=O) groups is 1. The van der Waals surface area contributed by atoms with E-state index >= 15 is 0 Å². The van der Waals surface area contributed by atoms with Crippen molar-refractivity contribution >= 4 is 6.29 Å². The number of nitrogens with one attached hydrogen (secondary N) is 3. The van der Waals surface area contributed by atoms with Crippen LogP contribution in [0.15, 0.2) is 12.3 Å². The fraction of sp³-hybridized carbons (Fsp3) is 0.696. The first-order valence-electron chi connectivity index (χ1n) is 10.5. The molecule has 0 heterocycles. The minimum atomic E-state index is 0. The average molecular weight is 496 g/mol. The number of unbranched alkanes of at least 4 members (excludes halogenated alkanes) is 4. The summed E-state index contributed by atoms with van der Waals surface area (Å²) in [4.78, 5) is 9.93. The van der Waals surface area contributed by atoms with E-state index in [0.29, 0.717) is 13.1 Å². The van der Waals surface area contributed by atoms with E-state index in [-0.39, 0.29) is 110 Å². The van der Waals surface area contributed by atoms with Crippen LogP contribution < -0.4 is 130 Å². The summed E-state index contributed by atoms with van der Waals surface area (Å²) in [6.45, 7) is 21.2. The summed E-state index contributed by atoms with van der Waals surface area (Å²) >= 11 is 0. The normalized spacial score (nSPS) is 7.52. The standard InChI is InChI=1S/C9H17N2O.C6H15N.C4H10N.C2H6.CH4N.CH3.2K/c1-3-4-5-11-9(2)8-10-6-7-12;1-3-4-5-6-7-2;1-2-3-4-5;2*1-2;;;/h7,10-11H,1-6,8H2;7H,3-6H2,1-2H3;1-5H2;1-2H3;1-2H2;1H3;;/q-1;;-1;;2*-1;2*+1. The van der Waals surface area contributed by atoms with Gasteiger partial charge in [0, 0.05) is 18.8 Å². The van der Waals surface area contributed by atoms with E-state index in [1.165, 1.54) is 25.8 Å². The molecule has 182 valence electrons. The van der Waals surface area contributed by atoms with Crippen LogP contribution in [0.5, 0.6) is 0 Å². The molecule has 0 atom stereocenters. The van der Waals surface area contributed by atoms with Crippen LogP contribution in [-0.4, -0.2) is 46.1 Å². The van der Waals surface area contributed by atoms with E-state index < -0.39 is 0 Å². The molecule has 0 aliphatic carbocycles. The zero-order valence-corrected chi connectivity index (χ0v) is 28.7. The first-order chi connectivity index (χ1) is 13.6. The zero-order valence-electron chi connectivity index (χ0n) is 22.5. The third kappa shape index (κ3) is 88.5. The molecule has 6 nitrogen and oxygen atoms in total. The summed E-state index contributed by atoms with van der Waals surface area (Å²) in [5, 5.41) is 9.15. The van der Waals surface area contributed by atoms with Gasteiger partial charge in [-0.2, -0.15) is 12.8 Å². The first kappa shape index (κ1) is 54.3. The van der Waals surface area contributed by atoms with Crippen LogP contribution in [0.4, 0.5) is 0 Å². The smallest absolute Gasteiger partial charge is 0.486 e. The molecule has 31 heavy (non-hydrogen) atoms. The molecule has 0 rings (SSSR count). The SMILES string of the molecule is C=C(CNCC=O)NCCC[CH2-].CC.CCCCCNC.[CH2-]CCCN.[CH2-]N.[CH3-].[K+].[K+]. The molecule has 0 spiro atoms. The van der Waals surface area contributed by atoms with Gasteiger partial charge in [-0.3, -0.25) is 7.05 Å². The summed E-state index contributed by atoms with van der Waals surface area (Å²) in [7, 11) is 4.75. The predicted molar refractivity (Wildman–Crippen MR) is 135 cm³/mol. The molecule has 0 aliphatic heterocycles. The monoisotopic (exact) mass is 495 g/mol. The van der Waals surface area contributed by atoms with Crippen molar-refractivity contribution in [2.45, 2.75) is 65.7 Å². The Hall–Kier alpha value is 2.32. The van der Waals surface area contributed by atoms with Crippen molar-refractivity contribution in [2.75, 3.05) is 39.8 Å². The third-order valence-electron chi connectivity index (χ3n) is 2.85. The Morgan fingerprint density at radius 2 is 1.52 bits per heavy atom. The van der Waals surface area contributed by atoms with Gasteiger partial charge in [0.1, 0.15) is 6.29 Å². The van der Waals surface area contributed by atoms with Gasteiger partial charge in [-0.15, -0.1) is 0 Å². The van der Waals surface area contributed by atoms with Gasteiger partial charge < -0.3 is 53.5 Å². The summed E-state index contributed by atoms with van der Waals surface area (Å²) in [5.74, 6) is 0. The van der Waals surface area contributed by atoms with E-state index in [9.17, 15) is 4.79 Å². The van der Waals surface area contributed by atoms with Gasteiger partial charge in [0.2, 0.25) is 0 Å². The number of carbonyl (C=O) groups excluding carboxylic acids is 1. The number of hydrogen-bond donors (Lipinski definition) is 5. The van der Waals surface area contributed by atoms with Gasteiger partial charge in [0.05, 0.1) is 6.54 Å². The van der Waals surface area contributed by atoms with Crippen LogP contribution in [0.1, 0.15) is 65.7 Å². The van der Waals surface area contributed by atoms with Crippen LogP contribution in [0, 0.1) is 28.3 Å². The molecular formula is C23H55K2N5O-2. The Bertz CT molecular complexity index is 244. The van der Waals surface area contributed by atoms with Gasteiger partial charge in [0.25, 0.3) is 0 Å². The minimum absolute atomic E-state index is 0. The number of rotatable bonds is 14. The summed E-state index contributed by atoms with van der Waals surface area (Å²) < 4.78 is 0. The topological polar surface area (TPSA) is 105 Å². The second kappa shape index (κ2) is 69.7. The van der Waals surface area contributed by atoms with Crippen molar-refractivity contribution < 1.29 is 108 Å². The summed E-state index contributed by atoms with van der Waals surface area (Å²) in [6, 6.07) is 0. The van der Waals surface area contributed by atoms with Gasteiger partial charge in [-0.1, -0.05) is 53.0 Å². The Morgan fingerprint density at radius 3 is 1.84 bits per heavy atom. The van der Waals surface area contributed by atoms with E-state index in [1.54, 1.807) is 0 Å². The number of hydrogen-bond acceptors (Lipinski definition) is 6. The Morgan fingerprint density at radius 1 is 1.00 bits per heavy atom. The number of nitrogens with two attached hydrogens (primary N) is 2. The van der Waals surface area contributed by atoms with Gasteiger partial charge >= 0.3 is 103 Å². The Balaban J connectivity index is -0.0000000403. The Labute approximate surface area is 282 Å². The maximum Gasteiger partial charge on any atom is 1.00 e. The van der Waals surface area contributed by atoms with Crippen LogP contribution in [-0.2, 0) is 4.79 Å². The van der Waals surface area contributed by atoms with E-state index in [1.807, 2.05) is 20.9 Å². The van der Waals surface area contributed by atoms with Gasteiger partial charge in [-0.05, 0) is 26.6 Å².